The van der Waals surface area contributed by atoms with Crippen molar-refractivity contribution < 1.29 is 4.74 Å². The van der Waals surface area contributed by atoms with Gasteiger partial charge in [-0.1, -0.05) is 12.5 Å². The molecule has 1 heterocycles. The maximum Gasteiger partial charge on any atom is 0.157 e. The molecule has 0 N–H and O–H groups in total. The van der Waals surface area contributed by atoms with E-state index in [1.54, 1.807) is 6.20 Å². The number of hydrogen-bond donors (Lipinski definition) is 0. The van der Waals surface area contributed by atoms with Crippen molar-refractivity contribution in [2.24, 2.45) is 0 Å². The third-order valence-corrected chi connectivity index (χ3v) is 1.86. The molecule has 0 aliphatic carbocycles. The maximum absolute atomic E-state index is 5.50. The summed E-state index contributed by atoms with van der Waals surface area (Å²) in [5.74, 6) is 0.847. The highest BCUT2D eigenvalue weighted by Crippen LogP contribution is 2.09. The van der Waals surface area contributed by atoms with Crippen LogP contribution in [-0.2, 0) is 6.54 Å². The van der Waals surface area contributed by atoms with Crippen LogP contribution in [0.1, 0.15) is 26.7 Å². The van der Waals surface area contributed by atoms with Gasteiger partial charge in [0.2, 0.25) is 0 Å². The molecule has 0 aromatic carbocycles. The van der Waals surface area contributed by atoms with E-state index >= 15 is 0 Å². The Bertz CT molecular complexity index is 291. The standard InChI is InChI=1S/C11H18N2O/c1-4-6-13-9-11(8-12-13)14-7-5-10(2)3/h8-9H,2,4-7H2,1,3H3. The highest BCUT2D eigenvalue weighted by molar-refractivity contribution is 5.11. The van der Waals surface area contributed by atoms with Gasteiger partial charge in [0.1, 0.15) is 0 Å². The second-order valence-electron chi connectivity index (χ2n) is 3.49. The molecule has 3 heteroatoms. The average Bonchev–Trinajstić information content (AvgIpc) is 2.53. The van der Waals surface area contributed by atoms with Crippen LogP contribution in [0.2, 0.25) is 0 Å². The molecule has 1 aromatic heterocycles. The van der Waals surface area contributed by atoms with Crippen molar-refractivity contribution in [2.75, 3.05) is 6.61 Å². The SMILES string of the molecule is C=C(C)CCOc1cnn(CCC)c1. The van der Waals surface area contributed by atoms with E-state index in [0.29, 0.717) is 6.61 Å². The quantitative estimate of drug-likeness (QED) is 0.651. The van der Waals surface area contributed by atoms with Gasteiger partial charge in [-0.3, -0.25) is 4.68 Å². The average molecular weight is 194 g/mol. The van der Waals surface area contributed by atoms with Gasteiger partial charge in [-0.25, -0.2) is 0 Å². The van der Waals surface area contributed by atoms with Crippen LogP contribution in [0.3, 0.4) is 0 Å². The van der Waals surface area contributed by atoms with Crippen molar-refractivity contribution in [1.29, 1.82) is 0 Å². The van der Waals surface area contributed by atoms with Gasteiger partial charge in [0.05, 0.1) is 19.0 Å². The Hall–Kier alpha value is -1.25. The minimum absolute atomic E-state index is 0.688. The van der Waals surface area contributed by atoms with E-state index in [1.165, 1.54) is 0 Å². The van der Waals surface area contributed by atoms with E-state index in [4.69, 9.17) is 4.74 Å². The molecule has 0 aliphatic heterocycles. The van der Waals surface area contributed by atoms with Crippen molar-refractivity contribution in [2.45, 2.75) is 33.2 Å². The lowest BCUT2D eigenvalue weighted by atomic mass is 10.3. The molecule has 0 bridgehead atoms. The van der Waals surface area contributed by atoms with Crippen LogP contribution in [0.25, 0.3) is 0 Å². The third-order valence-electron chi connectivity index (χ3n) is 1.86. The number of hydrogen-bond acceptors (Lipinski definition) is 2. The molecule has 1 rings (SSSR count). The predicted octanol–water partition coefficient (Wildman–Crippen LogP) is 2.64. The molecule has 0 atom stereocenters. The van der Waals surface area contributed by atoms with Gasteiger partial charge in [-0.2, -0.15) is 5.10 Å². The Morgan fingerprint density at radius 1 is 1.64 bits per heavy atom. The molecule has 0 saturated carbocycles. The lowest BCUT2D eigenvalue weighted by molar-refractivity contribution is 0.321. The zero-order valence-electron chi connectivity index (χ0n) is 8.99. The summed E-state index contributed by atoms with van der Waals surface area (Å²) in [5, 5.41) is 4.17. The van der Waals surface area contributed by atoms with E-state index in [-0.39, 0.29) is 0 Å². The Morgan fingerprint density at radius 2 is 2.43 bits per heavy atom. The van der Waals surface area contributed by atoms with Gasteiger partial charge in [0.25, 0.3) is 0 Å². The summed E-state index contributed by atoms with van der Waals surface area (Å²) in [5.41, 5.74) is 1.14. The summed E-state index contributed by atoms with van der Waals surface area (Å²) >= 11 is 0. The molecule has 0 unspecified atom stereocenters. The molecular weight excluding hydrogens is 176 g/mol. The Morgan fingerprint density at radius 3 is 3.07 bits per heavy atom. The number of nitrogens with zero attached hydrogens (tertiary/aromatic N) is 2. The second kappa shape index (κ2) is 5.47. The minimum Gasteiger partial charge on any atom is -0.490 e. The van der Waals surface area contributed by atoms with Crippen molar-refractivity contribution in [3.8, 4) is 5.75 Å². The van der Waals surface area contributed by atoms with Crippen LogP contribution in [0, 0.1) is 0 Å². The molecule has 14 heavy (non-hydrogen) atoms. The summed E-state index contributed by atoms with van der Waals surface area (Å²) in [6.45, 7) is 9.59. The van der Waals surface area contributed by atoms with Crippen molar-refractivity contribution in [3.05, 3.63) is 24.5 Å². The molecule has 0 saturated heterocycles. The number of rotatable bonds is 6. The molecule has 1 aromatic rings. The fourth-order valence-electron chi connectivity index (χ4n) is 1.11. The third kappa shape index (κ3) is 3.64. The van der Waals surface area contributed by atoms with E-state index in [9.17, 15) is 0 Å². The van der Waals surface area contributed by atoms with Crippen molar-refractivity contribution in [3.63, 3.8) is 0 Å². The van der Waals surface area contributed by atoms with E-state index in [1.807, 2.05) is 17.8 Å². The molecule has 0 fully saturated rings. The predicted molar refractivity (Wildman–Crippen MR) is 57.4 cm³/mol. The second-order valence-corrected chi connectivity index (χ2v) is 3.49. The summed E-state index contributed by atoms with van der Waals surface area (Å²) < 4.78 is 7.40. The Balaban J connectivity index is 2.32. The fraction of sp³-hybridized carbons (Fsp3) is 0.545. The summed E-state index contributed by atoms with van der Waals surface area (Å²) in [7, 11) is 0. The van der Waals surface area contributed by atoms with Gasteiger partial charge in [0.15, 0.2) is 5.75 Å². The maximum atomic E-state index is 5.50. The molecule has 0 spiro atoms. The fourth-order valence-corrected chi connectivity index (χ4v) is 1.11. The first-order valence-corrected chi connectivity index (χ1v) is 5.02. The zero-order valence-corrected chi connectivity index (χ0v) is 8.99. The number of aryl methyl sites for hydroxylation is 1. The first-order chi connectivity index (χ1) is 6.72. The van der Waals surface area contributed by atoms with Crippen LogP contribution in [-0.4, -0.2) is 16.4 Å². The molecule has 78 valence electrons. The van der Waals surface area contributed by atoms with Gasteiger partial charge in [-0.05, 0) is 13.3 Å². The van der Waals surface area contributed by atoms with Crippen molar-refractivity contribution >= 4 is 0 Å². The first kappa shape index (κ1) is 10.8. The largest absolute Gasteiger partial charge is 0.490 e. The highest BCUT2D eigenvalue weighted by atomic mass is 16.5. The van der Waals surface area contributed by atoms with Crippen LogP contribution in [0.4, 0.5) is 0 Å². The first-order valence-electron chi connectivity index (χ1n) is 5.02. The summed E-state index contributed by atoms with van der Waals surface area (Å²) in [6, 6.07) is 0. The lowest BCUT2D eigenvalue weighted by Crippen LogP contribution is -1.97. The number of aromatic nitrogens is 2. The smallest absolute Gasteiger partial charge is 0.157 e. The molecule has 0 aliphatic rings. The molecule has 0 amide bonds. The lowest BCUT2D eigenvalue weighted by Gasteiger charge is -2.01. The Labute approximate surface area is 85.4 Å². The summed E-state index contributed by atoms with van der Waals surface area (Å²) in [6.07, 6.45) is 5.68. The highest BCUT2D eigenvalue weighted by Gasteiger charge is 1.98. The normalized spacial score (nSPS) is 10.1. The van der Waals surface area contributed by atoms with Crippen LogP contribution < -0.4 is 4.74 Å². The molecular formula is C11H18N2O. The topological polar surface area (TPSA) is 27.1 Å². The summed E-state index contributed by atoms with van der Waals surface area (Å²) in [4.78, 5) is 0. The van der Waals surface area contributed by atoms with E-state index < -0.39 is 0 Å². The van der Waals surface area contributed by atoms with E-state index in [2.05, 4.69) is 18.6 Å². The van der Waals surface area contributed by atoms with Gasteiger partial charge in [-0.15, -0.1) is 6.58 Å². The van der Waals surface area contributed by atoms with E-state index in [0.717, 1.165) is 30.7 Å². The van der Waals surface area contributed by atoms with Gasteiger partial charge >= 0.3 is 0 Å². The molecule has 0 radical (unpaired) electrons. The monoisotopic (exact) mass is 194 g/mol. The van der Waals surface area contributed by atoms with Crippen LogP contribution in [0.5, 0.6) is 5.75 Å². The van der Waals surface area contributed by atoms with Gasteiger partial charge in [0, 0.05) is 13.0 Å². The minimum atomic E-state index is 0.688. The Kier molecular flexibility index (Phi) is 4.23. The molecule has 3 nitrogen and oxygen atoms in total. The van der Waals surface area contributed by atoms with Gasteiger partial charge < -0.3 is 4.74 Å². The van der Waals surface area contributed by atoms with Crippen molar-refractivity contribution in [1.82, 2.24) is 9.78 Å². The van der Waals surface area contributed by atoms with Crippen LogP contribution in [0.15, 0.2) is 24.5 Å². The number of ether oxygens (including phenoxy) is 1. The van der Waals surface area contributed by atoms with Crippen LogP contribution >= 0.6 is 0 Å². The zero-order chi connectivity index (χ0) is 10.4.